The van der Waals surface area contributed by atoms with Gasteiger partial charge in [0, 0.05) is 29.7 Å². The molecular weight excluding hydrogens is 368 g/mol. The molecule has 29 heavy (non-hydrogen) atoms. The topological polar surface area (TPSA) is 81.4 Å². The lowest BCUT2D eigenvalue weighted by molar-refractivity contribution is -0.116. The second-order valence-corrected chi connectivity index (χ2v) is 6.79. The van der Waals surface area contributed by atoms with Crippen molar-refractivity contribution in [3.05, 3.63) is 65.5 Å². The highest BCUT2D eigenvalue weighted by Crippen LogP contribution is 2.24. The Morgan fingerprint density at radius 3 is 2.48 bits per heavy atom. The highest BCUT2D eigenvalue weighted by Gasteiger charge is 2.11. The van der Waals surface area contributed by atoms with E-state index < -0.39 is 0 Å². The van der Waals surface area contributed by atoms with Gasteiger partial charge in [0.1, 0.15) is 11.5 Å². The molecule has 2 aromatic carbocycles. The highest BCUT2D eigenvalue weighted by molar-refractivity contribution is 5.97. The van der Waals surface area contributed by atoms with Crippen LogP contribution in [0.4, 0.5) is 5.69 Å². The Kier molecular flexibility index (Phi) is 6.44. The SMILES string of the molecule is COc1ccc(C(=O)CCCC(=O)Nc2cccc(-c3nc(C)c(C)o3)c2)cc1. The minimum Gasteiger partial charge on any atom is -0.497 e. The van der Waals surface area contributed by atoms with Crippen LogP contribution in [0.25, 0.3) is 11.5 Å². The molecule has 0 atom stereocenters. The van der Waals surface area contributed by atoms with E-state index in [4.69, 9.17) is 9.15 Å². The van der Waals surface area contributed by atoms with E-state index in [2.05, 4.69) is 10.3 Å². The fourth-order valence-electron chi connectivity index (χ4n) is 2.88. The summed E-state index contributed by atoms with van der Waals surface area (Å²) in [5.74, 6) is 1.89. The summed E-state index contributed by atoms with van der Waals surface area (Å²) in [6.45, 7) is 3.76. The summed E-state index contributed by atoms with van der Waals surface area (Å²) in [6, 6.07) is 14.3. The summed E-state index contributed by atoms with van der Waals surface area (Å²) >= 11 is 0. The minimum absolute atomic E-state index is 0.0112. The average Bonchev–Trinajstić information content (AvgIpc) is 3.06. The van der Waals surface area contributed by atoms with E-state index in [0.717, 1.165) is 17.0 Å². The molecule has 3 rings (SSSR count). The molecule has 0 aliphatic carbocycles. The maximum absolute atomic E-state index is 12.2. The Bertz CT molecular complexity index is 986. The molecule has 0 spiro atoms. The molecule has 0 saturated heterocycles. The summed E-state index contributed by atoms with van der Waals surface area (Å²) in [5, 5.41) is 2.87. The molecule has 0 fully saturated rings. The van der Waals surface area contributed by atoms with Crippen molar-refractivity contribution in [1.29, 1.82) is 0 Å². The quantitative estimate of drug-likeness (QED) is 0.548. The Hall–Kier alpha value is -3.41. The van der Waals surface area contributed by atoms with Crippen LogP contribution in [0.2, 0.25) is 0 Å². The largest absolute Gasteiger partial charge is 0.497 e. The number of carbonyl (C=O) groups excluding carboxylic acids is 2. The Balaban J connectivity index is 1.51. The number of aromatic nitrogens is 1. The average molecular weight is 392 g/mol. The van der Waals surface area contributed by atoms with Crippen LogP contribution >= 0.6 is 0 Å². The van der Waals surface area contributed by atoms with Gasteiger partial charge >= 0.3 is 0 Å². The number of ether oxygens (including phenoxy) is 1. The van der Waals surface area contributed by atoms with Gasteiger partial charge in [-0.05, 0) is 62.7 Å². The molecule has 150 valence electrons. The summed E-state index contributed by atoms with van der Waals surface area (Å²) in [6.07, 6.45) is 1.06. The van der Waals surface area contributed by atoms with Crippen LogP contribution in [0.15, 0.2) is 52.9 Å². The van der Waals surface area contributed by atoms with Crippen LogP contribution in [-0.2, 0) is 4.79 Å². The zero-order valence-corrected chi connectivity index (χ0v) is 16.8. The second kappa shape index (κ2) is 9.19. The van der Waals surface area contributed by atoms with Crippen LogP contribution in [0, 0.1) is 13.8 Å². The van der Waals surface area contributed by atoms with E-state index >= 15 is 0 Å². The van der Waals surface area contributed by atoms with Gasteiger partial charge in [-0.3, -0.25) is 9.59 Å². The fourth-order valence-corrected chi connectivity index (χ4v) is 2.88. The Morgan fingerprint density at radius 2 is 1.83 bits per heavy atom. The van der Waals surface area contributed by atoms with E-state index in [0.29, 0.717) is 35.7 Å². The highest BCUT2D eigenvalue weighted by atomic mass is 16.5. The Morgan fingerprint density at radius 1 is 1.07 bits per heavy atom. The molecule has 0 radical (unpaired) electrons. The minimum atomic E-state index is -0.135. The monoisotopic (exact) mass is 392 g/mol. The first-order valence-electron chi connectivity index (χ1n) is 9.48. The van der Waals surface area contributed by atoms with Crippen molar-refractivity contribution in [2.45, 2.75) is 33.1 Å². The number of nitrogens with one attached hydrogen (secondary N) is 1. The van der Waals surface area contributed by atoms with Crippen molar-refractivity contribution < 1.29 is 18.7 Å². The van der Waals surface area contributed by atoms with Crippen molar-refractivity contribution in [2.24, 2.45) is 0 Å². The first-order valence-corrected chi connectivity index (χ1v) is 9.48. The van der Waals surface area contributed by atoms with E-state index in [-0.39, 0.29) is 18.1 Å². The molecule has 0 saturated carbocycles. The number of hydrogen-bond acceptors (Lipinski definition) is 5. The van der Waals surface area contributed by atoms with Crippen LogP contribution in [0.3, 0.4) is 0 Å². The molecule has 6 nitrogen and oxygen atoms in total. The summed E-state index contributed by atoms with van der Waals surface area (Å²) in [4.78, 5) is 28.9. The number of amides is 1. The molecule has 1 heterocycles. The molecule has 0 aliphatic heterocycles. The number of oxazole rings is 1. The third-order valence-electron chi connectivity index (χ3n) is 4.64. The molecule has 6 heteroatoms. The van der Waals surface area contributed by atoms with Crippen molar-refractivity contribution in [3.8, 4) is 17.2 Å². The van der Waals surface area contributed by atoms with Gasteiger partial charge in [0.15, 0.2) is 5.78 Å². The van der Waals surface area contributed by atoms with Crippen LogP contribution in [0.1, 0.15) is 41.1 Å². The maximum atomic E-state index is 12.2. The number of aryl methyl sites for hydroxylation is 2. The molecule has 1 N–H and O–H groups in total. The zero-order chi connectivity index (χ0) is 20.8. The summed E-state index contributed by atoms with van der Waals surface area (Å²) < 4.78 is 10.7. The van der Waals surface area contributed by atoms with Gasteiger partial charge in [0.05, 0.1) is 12.8 Å². The van der Waals surface area contributed by atoms with Gasteiger partial charge in [-0.15, -0.1) is 0 Å². The Labute approximate surface area is 169 Å². The fraction of sp³-hybridized carbons (Fsp3) is 0.261. The smallest absolute Gasteiger partial charge is 0.226 e. The lowest BCUT2D eigenvalue weighted by Crippen LogP contribution is -2.12. The van der Waals surface area contributed by atoms with Crippen molar-refractivity contribution in [3.63, 3.8) is 0 Å². The van der Waals surface area contributed by atoms with Crippen LogP contribution in [-0.4, -0.2) is 23.8 Å². The number of anilines is 1. The van der Waals surface area contributed by atoms with Crippen LogP contribution in [0.5, 0.6) is 5.75 Å². The lowest BCUT2D eigenvalue weighted by atomic mass is 10.1. The summed E-state index contributed by atoms with van der Waals surface area (Å²) in [7, 11) is 1.58. The normalized spacial score (nSPS) is 10.6. The van der Waals surface area contributed by atoms with Gasteiger partial charge in [0.25, 0.3) is 0 Å². The van der Waals surface area contributed by atoms with Crippen molar-refractivity contribution in [1.82, 2.24) is 4.98 Å². The van der Waals surface area contributed by atoms with Gasteiger partial charge in [-0.1, -0.05) is 6.07 Å². The third kappa shape index (κ3) is 5.31. The first-order chi connectivity index (χ1) is 14.0. The van der Waals surface area contributed by atoms with Gasteiger partial charge < -0.3 is 14.5 Å². The lowest BCUT2D eigenvalue weighted by Gasteiger charge is -2.07. The molecular formula is C23H24N2O4. The summed E-state index contributed by atoms with van der Waals surface area (Å²) in [5.41, 5.74) is 2.93. The number of methoxy groups -OCH3 is 1. The predicted molar refractivity (Wildman–Crippen MR) is 111 cm³/mol. The number of rotatable bonds is 8. The predicted octanol–water partition coefficient (Wildman–Crippen LogP) is 4.96. The molecule has 0 bridgehead atoms. The van der Waals surface area contributed by atoms with Crippen LogP contribution < -0.4 is 10.1 Å². The second-order valence-electron chi connectivity index (χ2n) is 6.79. The molecule has 0 unspecified atom stereocenters. The van der Waals surface area contributed by atoms with Crippen molar-refractivity contribution >= 4 is 17.4 Å². The number of benzene rings is 2. The third-order valence-corrected chi connectivity index (χ3v) is 4.64. The zero-order valence-electron chi connectivity index (χ0n) is 16.8. The number of nitrogens with zero attached hydrogens (tertiary/aromatic N) is 1. The van der Waals surface area contributed by atoms with Gasteiger partial charge in [-0.25, -0.2) is 4.98 Å². The standard InChI is InChI=1S/C23H24N2O4/c1-15-16(2)29-23(24-15)18-6-4-7-19(14-18)25-22(27)9-5-8-21(26)17-10-12-20(28-3)13-11-17/h4,6-7,10-14H,5,8-9H2,1-3H3,(H,25,27). The van der Waals surface area contributed by atoms with E-state index in [9.17, 15) is 9.59 Å². The van der Waals surface area contributed by atoms with Gasteiger partial charge in [-0.2, -0.15) is 0 Å². The van der Waals surface area contributed by atoms with E-state index in [1.807, 2.05) is 38.1 Å². The number of ketones is 1. The van der Waals surface area contributed by atoms with Crippen molar-refractivity contribution in [2.75, 3.05) is 12.4 Å². The van der Waals surface area contributed by atoms with Gasteiger partial charge in [0.2, 0.25) is 11.8 Å². The molecule has 1 aromatic heterocycles. The first kappa shape index (κ1) is 20.3. The molecule has 1 amide bonds. The number of hydrogen-bond donors (Lipinski definition) is 1. The molecule has 0 aliphatic rings. The van der Waals surface area contributed by atoms with E-state index in [1.54, 1.807) is 31.4 Å². The molecule has 3 aromatic rings. The maximum Gasteiger partial charge on any atom is 0.226 e. The van der Waals surface area contributed by atoms with E-state index in [1.165, 1.54) is 0 Å². The number of Topliss-reactive ketones (excluding diaryl/α,β-unsaturated/α-hetero) is 1. The number of carbonyl (C=O) groups is 2.